The summed E-state index contributed by atoms with van der Waals surface area (Å²) >= 11 is 6.09. The smallest absolute Gasteiger partial charge is 0.339 e. The third-order valence-corrected chi connectivity index (χ3v) is 2.87. The van der Waals surface area contributed by atoms with Crippen molar-refractivity contribution in [1.82, 2.24) is 9.97 Å². The molecule has 18 heavy (non-hydrogen) atoms. The predicted octanol–water partition coefficient (Wildman–Crippen LogP) is 3.11. The fraction of sp³-hybridized carbons (Fsp3) is 0.154. The van der Waals surface area contributed by atoms with Crippen molar-refractivity contribution in [1.29, 1.82) is 0 Å². The summed E-state index contributed by atoms with van der Waals surface area (Å²) in [5.74, 6) is -0.533. The molecule has 1 N–H and O–H groups in total. The van der Waals surface area contributed by atoms with E-state index in [9.17, 15) is 9.90 Å². The summed E-state index contributed by atoms with van der Waals surface area (Å²) in [6, 6.07) is 7.03. The van der Waals surface area contributed by atoms with Crippen molar-refractivity contribution >= 4 is 17.6 Å². The van der Waals surface area contributed by atoms with Crippen LogP contribution in [0.1, 0.15) is 21.9 Å². The van der Waals surface area contributed by atoms with Gasteiger partial charge in [0.05, 0.1) is 11.4 Å². The first-order valence-corrected chi connectivity index (χ1v) is 5.72. The number of aryl methyl sites for hydroxylation is 2. The van der Waals surface area contributed by atoms with Crippen LogP contribution >= 0.6 is 11.6 Å². The van der Waals surface area contributed by atoms with Gasteiger partial charge in [-0.25, -0.2) is 14.8 Å². The fourth-order valence-electron chi connectivity index (χ4n) is 1.82. The summed E-state index contributed by atoms with van der Waals surface area (Å²) in [7, 11) is 0. The molecule has 2 aromatic rings. The van der Waals surface area contributed by atoms with E-state index < -0.39 is 5.97 Å². The predicted molar refractivity (Wildman–Crippen MR) is 68.9 cm³/mol. The minimum absolute atomic E-state index is 0.0914. The van der Waals surface area contributed by atoms with Gasteiger partial charge >= 0.3 is 5.97 Å². The van der Waals surface area contributed by atoms with E-state index in [0.29, 0.717) is 27.8 Å². The summed E-state index contributed by atoms with van der Waals surface area (Å²) in [5, 5.41) is 9.74. The van der Waals surface area contributed by atoms with Crippen LogP contribution in [-0.4, -0.2) is 21.0 Å². The van der Waals surface area contributed by atoms with Gasteiger partial charge in [-0.3, -0.25) is 0 Å². The maximum absolute atomic E-state index is 11.3. The molecule has 0 amide bonds. The number of aromatic nitrogens is 2. The lowest BCUT2D eigenvalue weighted by atomic mass is 10.0. The molecule has 0 aliphatic carbocycles. The number of benzene rings is 1. The number of carboxylic acids is 1. The monoisotopic (exact) mass is 262 g/mol. The van der Waals surface area contributed by atoms with Gasteiger partial charge in [0.25, 0.3) is 0 Å². The third kappa shape index (κ3) is 2.19. The van der Waals surface area contributed by atoms with E-state index in [0.717, 1.165) is 0 Å². The average Bonchev–Trinajstić information content (AvgIpc) is 2.27. The molecular weight excluding hydrogens is 252 g/mol. The maximum Gasteiger partial charge on any atom is 0.339 e. The van der Waals surface area contributed by atoms with Crippen LogP contribution in [0.2, 0.25) is 5.02 Å². The minimum atomic E-state index is -1.05. The molecule has 0 saturated heterocycles. The van der Waals surface area contributed by atoms with Crippen molar-refractivity contribution in [3.63, 3.8) is 0 Å². The molecular formula is C13H11ClN2O2. The van der Waals surface area contributed by atoms with E-state index in [1.54, 1.807) is 38.1 Å². The van der Waals surface area contributed by atoms with E-state index in [2.05, 4.69) is 9.97 Å². The second-order valence-electron chi connectivity index (χ2n) is 3.86. The van der Waals surface area contributed by atoms with Gasteiger partial charge in [0.1, 0.15) is 11.4 Å². The van der Waals surface area contributed by atoms with Gasteiger partial charge in [-0.15, -0.1) is 0 Å². The zero-order valence-corrected chi connectivity index (χ0v) is 10.7. The number of carboxylic acid groups (broad SMARTS) is 1. The maximum atomic E-state index is 11.3. The summed E-state index contributed by atoms with van der Waals surface area (Å²) in [6.45, 7) is 3.37. The first kappa shape index (κ1) is 12.5. The summed E-state index contributed by atoms with van der Waals surface area (Å²) in [5.41, 5.74) is 1.49. The molecule has 2 rings (SSSR count). The molecule has 92 valence electrons. The highest BCUT2D eigenvalue weighted by atomic mass is 35.5. The van der Waals surface area contributed by atoms with E-state index >= 15 is 0 Å². The molecule has 1 aromatic heterocycles. The number of rotatable bonds is 2. The number of hydrogen-bond acceptors (Lipinski definition) is 3. The van der Waals surface area contributed by atoms with Gasteiger partial charge in [0.2, 0.25) is 0 Å². The Labute approximate surface area is 109 Å². The Bertz CT molecular complexity index is 626. The van der Waals surface area contributed by atoms with Crippen LogP contribution in [0.15, 0.2) is 24.3 Å². The molecule has 0 bridgehead atoms. The number of hydrogen-bond donors (Lipinski definition) is 1. The Morgan fingerprint density at radius 1 is 1.22 bits per heavy atom. The molecule has 0 aliphatic heterocycles. The van der Waals surface area contributed by atoms with Crippen LogP contribution in [0.3, 0.4) is 0 Å². The highest BCUT2D eigenvalue weighted by Crippen LogP contribution is 2.29. The van der Waals surface area contributed by atoms with Crippen molar-refractivity contribution in [3.8, 4) is 11.3 Å². The van der Waals surface area contributed by atoms with Crippen LogP contribution in [0, 0.1) is 13.8 Å². The number of carbonyl (C=O) groups is 1. The topological polar surface area (TPSA) is 63.1 Å². The zero-order chi connectivity index (χ0) is 13.3. The van der Waals surface area contributed by atoms with Gasteiger partial charge in [-0.1, -0.05) is 29.8 Å². The largest absolute Gasteiger partial charge is 0.478 e. The van der Waals surface area contributed by atoms with Gasteiger partial charge in [0.15, 0.2) is 0 Å². The zero-order valence-electron chi connectivity index (χ0n) is 9.94. The van der Waals surface area contributed by atoms with Crippen molar-refractivity contribution in [2.24, 2.45) is 0 Å². The Hall–Kier alpha value is -1.94. The van der Waals surface area contributed by atoms with Crippen LogP contribution < -0.4 is 0 Å². The van der Waals surface area contributed by atoms with Crippen LogP contribution in [0.4, 0.5) is 0 Å². The van der Waals surface area contributed by atoms with Gasteiger partial charge in [-0.2, -0.15) is 0 Å². The molecule has 0 fully saturated rings. The molecule has 0 saturated carbocycles. The highest BCUT2D eigenvalue weighted by molar-refractivity contribution is 6.33. The quantitative estimate of drug-likeness (QED) is 0.903. The van der Waals surface area contributed by atoms with Crippen molar-refractivity contribution < 1.29 is 9.90 Å². The molecule has 0 atom stereocenters. The average molecular weight is 263 g/mol. The lowest BCUT2D eigenvalue weighted by Crippen LogP contribution is -2.08. The fourth-order valence-corrected chi connectivity index (χ4v) is 2.04. The number of aromatic carboxylic acids is 1. The molecule has 0 radical (unpaired) electrons. The second kappa shape index (κ2) is 4.74. The van der Waals surface area contributed by atoms with Gasteiger partial charge in [-0.05, 0) is 19.9 Å². The van der Waals surface area contributed by atoms with Crippen molar-refractivity contribution in [2.45, 2.75) is 13.8 Å². The molecule has 0 spiro atoms. The molecule has 1 aromatic carbocycles. The summed E-state index contributed by atoms with van der Waals surface area (Å²) in [6.07, 6.45) is 0. The van der Waals surface area contributed by atoms with Gasteiger partial charge < -0.3 is 5.11 Å². The Balaban J connectivity index is 2.78. The third-order valence-electron chi connectivity index (χ3n) is 2.54. The van der Waals surface area contributed by atoms with E-state index in [4.69, 9.17) is 11.6 Å². The van der Waals surface area contributed by atoms with Crippen molar-refractivity contribution in [3.05, 3.63) is 46.4 Å². The SMILES string of the molecule is Cc1nc(C)c(C(=O)O)c(-c2ccccc2Cl)n1. The van der Waals surface area contributed by atoms with Crippen molar-refractivity contribution in [2.75, 3.05) is 0 Å². The molecule has 4 nitrogen and oxygen atoms in total. The molecule has 1 heterocycles. The first-order chi connectivity index (χ1) is 8.50. The Morgan fingerprint density at radius 2 is 1.89 bits per heavy atom. The minimum Gasteiger partial charge on any atom is -0.478 e. The summed E-state index contributed by atoms with van der Waals surface area (Å²) in [4.78, 5) is 19.6. The normalized spacial score (nSPS) is 10.4. The van der Waals surface area contributed by atoms with Crippen LogP contribution in [-0.2, 0) is 0 Å². The highest BCUT2D eigenvalue weighted by Gasteiger charge is 2.19. The second-order valence-corrected chi connectivity index (χ2v) is 4.27. The number of halogens is 1. The first-order valence-electron chi connectivity index (χ1n) is 5.34. The van der Waals surface area contributed by atoms with Crippen LogP contribution in [0.5, 0.6) is 0 Å². The lowest BCUT2D eigenvalue weighted by molar-refractivity contribution is 0.0696. The summed E-state index contributed by atoms with van der Waals surface area (Å²) < 4.78 is 0. The van der Waals surface area contributed by atoms with Gasteiger partial charge in [0, 0.05) is 10.6 Å². The molecule has 0 unspecified atom stereocenters. The Kier molecular flexibility index (Phi) is 3.30. The Morgan fingerprint density at radius 3 is 2.50 bits per heavy atom. The standard InChI is InChI=1S/C13H11ClN2O2/c1-7-11(13(17)18)12(16-8(2)15-7)9-5-3-4-6-10(9)14/h3-6H,1-2H3,(H,17,18). The number of nitrogens with zero attached hydrogens (tertiary/aromatic N) is 2. The van der Waals surface area contributed by atoms with E-state index in [1.807, 2.05) is 0 Å². The van der Waals surface area contributed by atoms with Crippen LogP contribution in [0.25, 0.3) is 11.3 Å². The lowest BCUT2D eigenvalue weighted by Gasteiger charge is -2.10. The molecule has 5 heteroatoms. The van der Waals surface area contributed by atoms with E-state index in [-0.39, 0.29) is 5.56 Å². The molecule has 0 aliphatic rings. The van der Waals surface area contributed by atoms with E-state index in [1.165, 1.54) is 0 Å².